The first kappa shape index (κ1) is 17.2. The van der Waals surface area contributed by atoms with E-state index < -0.39 is 0 Å². The topological polar surface area (TPSA) is 44.8 Å². The van der Waals surface area contributed by atoms with Crippen molar-refractivity contribution in [3.63, 3.8) is 0 Å². The smallest absolute Gasteiger partial charge is 0.316 e. The van der Waals surface area contributed by atoms with E-state index in [2.05, 4.69) is 41.4 Å². The van der Waals surface area contributed by atoms with Crippen molar-refractivity contribution >= 4 is 6.03 Å². The van der Waals surface area contributed by atoms with Gasteiger partial charge in [-0.1, -0.05) is 29.8 Å². The number of carbonyl (C=O) groups excluding carboxylic acids is 1. The molecule has 0 aliphatic carbocycles. The van der Waals surface area contributed by atoms with Crippen molar-refractivity contribution < 1.29 is 9.53 Å². The lowest BCUT2D eigenvalue weighted by Gasteiger charge is -2.36. The Bertz CT molecular complexity index is 558. The minimum atomic E-state index is -0.0469. The highest BCUT2D eigenvalue weighted by atomic mass is 16.5. The minimum absolute atomic E-state index is 0.0469. The highest BCUT2D eigenvalue weighted by Gasteiger charge is 2.40. The quantitative estimate of drug-likeness (QED) is 0.919. The van der Waals surface area contributed by atoms with Gasteiger partial charge in [0.1, 0.15) is 0 Å². The predicted octanol–water partition coefficient (Wildman–Crippen LogP) is 2.10. The summed E-state index contributed by atoms with van der Waals surface area (Å²) in [5.41, 5.74) is 2.67. The maximum Gasteiger partial charge on any atom is 0.316 e. The summed E-state index contributed by atoms with van der Waals surface area (Å²) in [7, 11) is 3.52. The molecule has 0 unspecified atom stereocenters. The number of urea groups is 1. The molecule has 2 fully saturated rings. The number of likely N-dealkylation sites (tertiary alicyclic amines) is 1. The zero-order valence-corrected chi connectivity index (χ0v) is 15.0. The van der Waals surface area contributed by atoms with E-state index in [0.717, 1.165) is 26.2 Å². The molecule has 1 aromatic carbocycles. The molecule has 3 atom stereocenters. The van der Waals surface area contributed by atoms with Gasteiger partial charge in [0.2, 0.25) is 0 Å². The number of ether oxygens (including phenoxy) is 1. The largest absolute Gasteiger partial charge is 0.376 e. The highest BCUT2D eigenvalue weighted by Crippen LogP contribution is 2.34. The molecule has 2 heterocycles. The average molecular weight is 331 g/mol. The molecule has 132 valence electrons. The number of fused-ring (bicyclic) bond motifs is 1. The number of nitrogens with zero attached hydrogens (tertiary/aromatic N) is 2. The maximum atomic E-state index is 11.7. The van der Waals surface area contributed by atoms with Gasteiger partial charge in [0.15, 0.2) is 0 Å². The number of carbonyl (C=O) groups is 1. The molecule has 0 bridgehead atoms. The summed E-state index contributed by atoms with van der Waals surface area (Å²) in [6, 6.07) is 8.76. The van der Waals surface area contributed by atoms with Gasteiger partial charge in [-0.2, -0.15) is 0 Å². The minimum Gasteiger partial charge on any atom is -0.376 e. The molecule has 0 aromatic heterocycles. The van der Waals surface area contributed by atoms with Crippen LogP contribution in [0.4, 0.5) is 4.79 Å². The van der Waals surface area contributed by atoms with Crippen molar-refractivity contribution in [1.82, 2.24) is 15.1 Å². The van der Waals surface area contributed by atoms with Gasteiger partial charge >= 0.3 is 6.03 Å². The molecule has 2 amide bonds. The summed E-state index contributed by atoms with van der Waals surface area (Å²) >= 11 is 0. The molecule has 2 saturated heterocycles. The lowest BCUT2D eigenvalue weighted by molar-refractivity contribution is 0.0744. The van der Waals surface area contributed by atoms with E-state index in [1.165, 1.54) is 17.5 Å². The Morgan fingerprint density at radius 2 is 2.08 bits per heavy atom. The Morgan fingerprint density at radius 1 is 1.33 bits per heavy atom. The van der Waals surface area contributed by atoms with E-state index in [4.69, 9.17) is 4.74 Å². The molecule has 1 N–H and O–H groups in total. The molecule has 1 aromatic rings. The Kier molecular flexibility index (Phi) is 5.41. The van der Waals surface area contributed by atoms with Crippen LogP contribution in [0.25, 0.3) is 0 Å². The van der Waals surface area contributed by atoms with Gasteiger partial charge in [0.25, 0.3) is 0 Å². The number of aryl methyl sites for hydroxylation is 1. The summed E-state index contributed by atoms with van der Waals surface area (Å²) in [4.78, 5) is 15.8. The van der Waals surface area contributed by atoms with Crippen molar-refractivity contribution in [2.75, 3.05) is 40.3 Å². The molecule has 3 rings (SSSR count). The first-order valence-electron chi connectivity index (χ1n) is 8.87. The molecule has 0 saturated carbocycles. The Hall–Kier alpha value is -1.59. The van der Waals surface area contributed by atoms with Gasteiger partial charge in [-0.15, -0.1) is 0 Å². The molecule has 2 aliphatic rings. The fourth-order valence-corrected chi connectivity index (χ4v) is 3.75. The standard InChI is InChI=1S/C19H29N3O2/c1-14-4-6-15(7-5-14)11-22-9-8-16-13-24-18(17(16)12-22)10-20-19(23)21(2)3/h4-7,16-18H,8-13H2,1-3H3,(H,20,23)/t16-,17-,18+/m0/s1. The average Bonchev–Trinajstić information content (AvgIpc) is 2.97. The van der Waals surface area contributed by atoms with Gasteiger partial charge in [0.05, 0.1) is 12.7 Å². The van der Waals surface area contributed by atoms with E-state index in [9.17, 15) is 4.79 Å². The fourth-order valence-electron chi connectivity index (χ4n) is 3.75. The van der Waals surface area contributed by atoms with E-state index in [0.29, 0.717) is 18.4 Å². The molecule has 24 heavy (non-hydrogen) atoms. The highest BCUT2D eigenvalue weighted by molar-refractivity contribution is 5.73. The monoisotopic (exact) mass is 331 g/mol. The first-order chi connectivity index (χ1) is 11.5. The second kappa shape index (κ2) is 7.53. The zero-order chi connectivity index (χ0) is 17.1. The number of nitrogens with one attached hydrogen (secondary N) is 1. The van der Waals surface area contributed by atoms with Crippen LogP contribution in [0.3, 0.4) is 0 Å². The summed E-state index contributed by atoms with van der Waals surface area (Å²) in [5.74, 6) is 1.16. The lowest BCUT2D eigenvalue weighted by atomic mass is 9.84. The van der Waals surface area contributed by atoms with Gasteiger partial charge in [-0.3, -0.25) is 4.90 Å². The number of hydrogen-bond donors (Lipinski definition) is 1. The summed E-state index contributed by atoms with van der Waals surface area (Å²) in [6.07, 6.45) is 1.33. The zero-order valence-electron chi connectivity index (χ0n) is 15.0. The second-order valence-corrected chi connectivity index (χ2v) is 7.39. The number of benzene rings is 1. The normalized spacial score (nSPS) is 26.9. The van der Waals surface area contributed by atoms with Crippen LogP contribution in [-0.2, 0) is 11.3 Å². The molecule has 5 heteroatoms. The van der Waals surface area contributed by atoms with Crippen LogP contribution in [0.1, 0.15) is 17.5 Å². The molecular formula is C19H29N3O2. The fraction of sp³-hybridized carbons (Fsp3) is 0.632. The van der Waals surface area contributed by atoms with Crippen molar-refractivity contribution in [3.8, 4) is 0 Å². The SMILES string of the molecule is Cc1ccc(CN2CC[C@H]3CO[C@H](CNC(=O)N(C)C)[C@H]3C2)cc1. The molecule has 0 spiro atoms. The summed E-state index contributed by atoms with van der Waals surface area (Å²) in [6.45, 7) is 6.76. The van der Waals surface area contributed by atoms with Crippen LogP contribution >= 0.6 is 0 Å². The van der Waals surface area contributed by atoms with Crippen LogP contribution < -0.4 is 5.32 Å². The first-order valence-corrected chi connectivity index (χ1v) is 8.87. The van der Waals surface area contributed by atoms with Crippen LogP contribution in [0.5, 0.6) is 0 Å². The third kappa shape index (κ3) is 4.08. The van der Waals surface area contributed by atoms with E-state index in [1.54, 1.807) is 19.0 Å². The van der Waals surface area contributed by atoms with Crippen molar-refractivity contribution in [1.29, 1.82) is 0 Å². The third-order valence-electron chi connectivity index (χ3n) is 5.28. The predicted molar refractivity (Wildman–Crippen MR) is 94.9 cm³/mol. The van der Waals surface area contributed by atoms with Crippen LogP contribution in [-0.4, -0.2) is 62.3 Å². The van der Waals surface area contributed by atoms with Crippen molar-refractivity contribution in [3.05, 3.63) is 35.4 Å². The van der Waals surface area contributed by atoms with Crippen molar-refractivity contribution in [2.24, 2.45) is 11.8 Å². The van der Waals surface area contributed by atoms with Crippen LogP contribution in [0.15, 0.2) is 24.3 Å². The maximum absolute atomic E-state index is 11.7. The molecule has 5 nitrogen and oxygen atoms in total. The third-order valence-corrected chi connectivity index (χ3v) is 5.28. The Balaban J connectivity index is 1.55. The second-order valence-electron chi connectivity index (χ2n) is 7.39. The number of rotatable bonds is 4. The summed E-state index contributed by atoms with van der Waals surface area (Å²) in [5, 5.41) is 2.97. The van der Waals surface area contributed by atoms with E-state index >= 15 is 0 Å². The van der Waals surface area contributed by atoms with Gasteiger partial charge in [0, 0.05) is 39.6 Å². The Morgan fingerprint density at radius 3 is 2.79 bits per heavy atom. The van der Waals surface area contributed by atoms with Gasteiger partial charge in [-0.05, 0) is 31.4 Å². The lowest BCUT2D eigenvalue weighted by Crippen LogP contribution is -2.46. The number of piperidine rings is 1. The van der Waals surface area contributed by atoms with Gasteiger partial charge < -0.3 is 15.0 Å². The Labute approximate surface area is 145 Å². The molecule has 0 radical (unpaired) electrons. The van der Waals surface area contributed by atoms with E-state index in [-0.39, 0.29) is 12.1 Å². The van der Waals surface area contributed by atoms with Gasteiger partial charge in [-0.25, -0.2) is 4.79 Å². The van der Waals surface area contributed by atoms with Crippen LogP contribution in [0, 0.1) is 18.8 Å². The molecule has 2 aliphatic heterocycles. The summed E-state index contributed by atoms with van der Waals surface area (Å²) < 4.78 is 5.98. The van der Waals surface area contributed by atoms with E-state index in [1.807, 2.05) is 0 Å². The number of hydrogen-bond acceptors (Lipinski definition) is 3. The van der Waals surface area contributed by atoms with Crippen LogP contribution in [0.2, 0.25) is 0 Å². The molecular weight excluding hydrogens is 302 g/mol. The van der Waals surface area contributed by atoms with Crippen molar-refractivity contribution in [2.45, 2.75) is 26.0 Å². The number of amides is 2.